The number of benzene rings is 1. The number of hydrogen-bond donors (Lipinski definition) is 1. The molecule has 0 radical (unpaired) electrons. The largest absolute Gasteiger partial charge is 0.495 e. The van der Waals surface area contributed by atoms with Crippen LogP contribution in [0.4, 0.5) is 11.4 Å². The number of pyridine rings is 1. The van der Waals surface area contributed by atoms with Gasteiger partial charge in [-0.3, -0.25) is 9.78 Å². The van der Waals surface area contributed by atoms with Gasteiger partial charge in [0.15, 0.2) is 0 Å². The molecule has 23 heavy (non-hydrogen) atoms. The summed E-state index contributed by atoms with van der Waals surface area (Å²) in [4.78, 5) is 18.9. The first-order valence-electron chi connectivity index (χ1n) is 7.75. The van der Waals surface area contributed by atoms with E-state index in [1.165, 1.54) is 0 Å². The van der Waals surface area contributed by atoms with Crippen molar-refractivity contribution in [3.8, 4) is 5.75 Å². The molecule has 0 saturated heterocycles. The van der Waals surface area contributed by atoms with Crippen molar-refractivity contribution in [2.45, 2.75) is 20.8 Å². The quantitative estimate of drug-likeness (QED) is 0.887. The second kappa shape index (κ2) is 7.63. The van der Waals surface area contributed by atoms with Crippen LogP contribution in [0.3, 0.4) is 0 Å². The first kappa shape index (κ1) is 16.8. The molecule has 0 unspecified atom stereocenters. The normalized spacial score (nSPS) is 10.3. The van der Waals surface area contributed by atoms with Crippen LogP contribution in [0.1, 0.15) is 29.8 Å². The van der Waals surface area contributed by atoms with Crippen LogP contribution in [-0.4, -0.2) is 31.1 Å². The maximum absolute atomic E-state index is 12.5. The van der Waals surface area contributed by atoms with Gasteiger partial charge in [0.25, 0.3) is 5.91 Å². The van der Waals surface area contributed by atoms with Gasteiger partial charge >= 0.3 is 0 Å². The van der Waals surface area contributed by atoms with Crippen LogP contribution in [0.2, 0.25) is 0 Å². The number of carbonyl (C=O) groups is 1. The van der Waals surface area contributed by atoms with Gasteiger partial charge in [-0.15, -0.1) is 0 Å². The smallest absolute Gasteiger partial charge is 0.257 e. The van der Waals surface area contributed by atoms with Crippen molar-refractivity contribution < 1.29 is 9.53 Å². The third kappa shape index (κ3) is 4.00. The topological polar surface area (TPSA) is 54.5 Å². The molecule has 0 spiro atoms. The molecular weight excluding hydrogens is 290 g/mol. The average molecular weight is 313 g/mol. The minimum absolute atomic E-state index is 0.199. The van der Waals surface area contributed by atoms with Crippen molar-refractivity contribution in [3.05, 3.63) is 47.8 Å². The van der Waals surface area contributed by atoms with E-state index in [0.717, 1.165) is 24.3 Å². The predicted octanol–water partition coefficient (Wildman–Crippen LogP) is 3.50. The zero-order valence-electron chi connectivity index (χ0n) is 14.1. The Morgan fingerprint density at radius 3 is 2.61 bits per heavy atom. The summed E-state index contributed by atoms with van der Waals surface area (Å²) in [6.45, 7) is 7.86. The number of aromatic nitrogens is 1. The SMILES string of the molecule is CCN(CC)c1cncc(C(=O)Nc2cc(C)ccc2OC)c1. The zero-order chi connectivity index (χ0) is 16.8. The fourth-order valence-electron chi connectivity index (χ4n) is 2.43. The van der Waals surface area contributed by atoms with Gasteiger partial charge in [0.05, 0.1) is 30.2 Å². The van der Waals surface area contributed by atoms with Crippen LogP contribution in [0.5, 0.6) is 5.75 Å². The summed E-state index contributed by atoms with van der Waals surface area (Å²) < 4.78 is 5.30. The van der Waals surface area contributed by atoms with E-state index < -0.39 is 0 Å². The Morgan fingerprint density at radius 2 is 1.96 bits per heavy atom. The number of hydrogen-bond acceptors (Lipinski definition) is 4. The van der Waals surface area contributed by atoms with Crippen LogP contribution in [0.15, 0.2) is 36.7 Å². The van der Waals surface area contributed by atoms with Gasteiger partial charge in [0.1, 0.15) is 5.75 Å². The van der Waals surface area contributed by atoms with E-state index >= 15 is 0 Å². The van der Waals surface area contributed by atoms with Crippen molar-refractivity contribution in [2.24, 2.45) is 0 Å². The van der Waals surface area contributed by atoms with E-state index in [9.17, 15) is 4.79 Å². The van der Waals surface area contributed by atoms with Gasteiger partial charge in [0.2, 0.25) is 0 Å². The number of ether oxygens (including phenoxy) is 1. The zero-order valence-corrected chi connectivity index (χ0v) is 14.1. The predicted molar refractivity (Wildman–Crippen MR) is 93.5 cm³/mol. The van der Waals surface area contributed by atoms with Crippen LogP contribution < -0.4 is 15.0 Å². The van der Waals surface area contributed by atoms with E-state index in [-0.39, 0.29) is 5.91 Å². The second-order valence-corrected chi connectivity index (χ2v) is 5.26. The molecule has 5 heteroatoms. The Bertz CT molecular complexity index is 682. The summed E-state index contributed by atoms with van der Waals surface area (Å²) in [5.74, 6) is 0.437. The third-order valence-electron chi connectivity index (χ3n) is 3.72. The molecule has 0 fully saturated rings. The summed E-state index contributed by atoms with van der Waals surface area (Å²) in [7, 11) is 1.59. The van der Waals surface area contributed by atoms with Crippen LogP contribution in [-0.2, 0) is 0 Å². The number of nitrogens with zero attached hydrogens (tertiary/aromatic N) is 2. The molecule has 0 atom stereocenters. The summed E-state index contributed by atoms with van der Waals surface area (Å²) in [5.41, 5.74) is 3.18. The van der Waals surface area contributed by atoms with Crippen LogP contribution >= 0.6 is 0 Å². The lowest BCUT2D eigenvalue weighted by atomic mass is 10.2. The van der Waals surface area contributed by atoms with E-state index in [1.807, 2.05) is 31.2 Å². The number of carbonyl (C=O) groups excluding carboxylic acids is 1. The van der Waals surface area contributed by atoms with Crippen molar-refractivity contribution in [3.63, 3.8) is 0 Å². The Morgan fingerprint density at radius 1 is 1.22 bits per heavy atom. The van der Waals surface area contributed by atoms with Crippen molar-refractivity contribution in [1.29, 1.82) is 0 Å². The van der Waals surface area contributed by atoms with E-state index in [0.29, 0.717) is 17.0 Å². The molecular formula is C18H23N3O2. The fourth-order valence-corrected chi connectivity index (χ4v) is 2.43. The minimum Gasteiger partial charge on any atom is -0.495 e. The molecule has 0 aliphatic heterocycles. The number of anilines is 2. The maximum Gasteiger partial charge on any atom is 0.257 e. The summed E-state index contributed by atoms with van der Waals surface area (Å²) in [6.07, 6.45) is 3.35. The van der Waals surface area contributed by atoms with Gasteiger partial charge in [-0.1, -0.05) is 6.07 Å². The van der Waals surface area contributed by atoms with Crippen LogP contribution in [0, 0.1) is 6.92 Å². The lowest BCUT2D eigenvalue weighted by molar-refractivity contribution is 0.102. The molecule has 0 bridgehead atoms. The highest BCUT2D eigenvalue weighted by molar-refractivity contribution is 6.05. The van der Waals surface area contributed by atoms with Gasteiger partial charge in [0, 0.05) is 19.3 Å². The van der Waals surface area contributed by atoms with E-state index in [1.54, 1.807) is 19.5 Å². The number of nitrogens with one attached hydrogen (secondary N) is 1. The number of rotatable bonds is 6. The lowest BCUT2D eigenvalue weighted by Crippen LogP contribution is -2.22. The molecule has 2 aromatic rings. The van der Waals surface area contributed by atoms with E-state index in [2.05, 4.69) is 29.0 Å². The Hall–Kier alpha value is -2.56. The highest BCUT2D eigenvalue weighted by Gasteiger charge is 2.12. The summed E-state index contributed by atoms with van der Waals surface area (Å²) in [6, 6.07) is 7.53. The lowest BCUT2D eigenvalue weighted by Gasteiger charge is -2.21. The van der Waals surface area contributed by atoms with Crippen LogP contribution in [0.25, 0.3) is 0 Å². The Labute approximate surface area is 137 Å². The molecule has 1 amide bonds. The summed E-state index contributed by atoms with van der Waals surface area (Å²) >= 11 is 0. The second-order valence-electron chi connectivity index (χ2n) is 5.26. The maximum atomic E-state index is 12.5. The number of amides is 1. The monoisotopic (exact) mass is 313 g/mol. The molecule has 1 N–H and O–H groups in total. The molecule has 2 rings (SSSR count). The molecule has 0 saturated carbocycles. The minimum atomic E-state index is -0.199. The molecule has 5 nitrogen and oxygen atoms in total. The Kier molecular flexibility index (Phi) is 5.57. The molecule has 0 aliphatic rings. The average Bonchev–Trinajstić information content (AvgIpc) is 2.56. The summed E-state index contributed by atoms with van der Waals surface area (Å²) in [5, 5.41) is 2.90. The highest BCUT2D eigenvalue weighted by Crippen LogP contribution is 2.26. The van der Waals surface area contributed by atoms with Gasteiger partial charge in [-0.05, 0) is 44.5 Å². The van der Waals surface area contributed by atoms with Gasteiger partial charge < -0.3 is 15.0 Å². The third-order valence-corrected chi connectivity index (χ3v) is 3.72. The number of methoxy groups -OCH3 is 1. The first-order valence-corrected chi connectivity index (χ1v) is 7.75. The standard InChI is InChI=1S/C18H23N3O2/c1-5-21(6-2)15-10-14(11-19-12-15)18(22)20-16-9-13(3)7-8-17(16)23-4/h7-12H,5-6H2,1-4H3,(H,20,22). The number of aryl methyl sites for hydroxylation is 1. The molecule has 1 heterocycles. The molecule has 1 aromatic heterocycles. The highest BCUT2D eigenvalue weighted by atomic mass is 16.5. The molecule has 0 aliphatic carbocycles. The van der Waals surface area contributed by atoms with Crippen molar-refractivity contribution in [2.75, 3.05) is 30.4 Å². The molecule has 122 valence electrons. The van der Waals surface area contributed by atoms with Gasteiger partial charge in [-0.2, -0.15) is 0 Å². The van der Waals surface area contributed by atoms with Gasteiger partial charge in [-0.25, -0.2) is 0 Å². The Balaban J connectivity index is 2.24. The first-order chi connectivity index (χ1) is 11.1. The van der Waals surface area contributed by atoms with E-state index in [4.69, 9.17) is 4.74 Å². The van der Waals surface area contributed by atoms with Crippen molar-refractivity contribution in [1.82, 2.24) is 4.98 Å². The van der Waals surface area contributed by atoms with Crippen molar-refractivity contribution >= 4 is 17.3 Å². The molecule has 1 aromatic carbocycles. The fraction of sp³-hybridized carbons (Fsp3) is 0.333.